The van der Waals surface area contributed by atoms with Gasteiger partial charge in [-0.05, 0) is 56.2 Å². The van der Waals surface area contributed by atoms with E-state index in [2.05, 4.69) is 51.2 Å². The highest BCUT2D eigenvalue weighted by molar-refractivity contribution is 5.41. The third-order valence-electron chi connectivity index (χ3n) is 4.34. The van der Waals surface area contributed by atoms with E-state index in [-0.39, 0.29) is 5.41 Å². The Morgan fingerprint density at radius 3 is 2.78 bits per heavy atom. The summed E-state index contributed by atoms with van der Waals surface area (Å²) in [6, 6.07) is 6.50. The molecule has 1 aliphatic rings. The lowest BCUT2D eigenvalue weighted by Crippen LogP contribution is -2.27. The number of benzene rings is 1. The molecule has 0 radical (unpaired) electrons. The molecule has 0 spiro atoms. The monoisotopic (exact) mass is 319 g/mol. The molecule has 1 atom stereocenters. The first-order chi connectivity index (χ1) is 11.0. The fourth-order valence-corrected chi connectivity index (χ4v) is 2.96. The summed E-state index contributed by atoms with van der Waals surface area (Å²) in [7, 11) is 0. The molecule has 0 amide bonds. The van der Waals surface area contributed by atoms with Crippen LogP contribution in [0.5, 0.6) is 5.75 Å². The summed E-state index contributed by atoms with van der Waals surface area (Å²) in [5.74, 6) is 1.04. The van der Waals surface area contributed by atoms with Crippen LogP contribution in [0, 0.1) is 6.92 Å². The van der Waals surface area contributed by atoms with Crippen LogP contribution in [0.15, 0.2) is 18.2 Å². The summed E-state index contributed by atoms with van der Waals surface area (Å²) in [5.41, 5.74) is 2.71. The van der Waals surface area contributed by atoms with Crippen LogP contribution in [0.3, 0.4) is 0 Å². The summed E-state index contributed by atoms with van der Waals surface area (Å²) >= 11 is 0. The predicted molar refractivity (Wildman–Crippen MR) is 96.5 cm³/mol. The fourth-order valence-electron chi connectivity index (χ4n) is 2.96. The zero-order valence-corrected chi connectivity index (χ0v) is 15.3. The normalized spacial score (nSPS) is 18.3. The van der Waals surface area contributed by atoms with Crippen LogP contribution in [0.4, 0.5) is 0 Å². The van der Waals surface area contributed by atoms with Crippen LogP contribution >= 0.6 is 0 Å². The zero-order chi connectivity index (χ0) is 16.7. The lowest BCUT2D eigenvalue weighted by Gasteiger charge is -2.23. The number of hydrogen-bond acceptors (Lipinski definition) is 3. The second-order valence-corrected chi connectivity index (χ2v) is 7.64. The van der Waals surface area contributed by atoms with Gasteiger partial charge in [0.2, 0.25) is 0 Å². The molecule has 23 heavy (non-hydrogen) atoms. The van der Waals surface area contributed by atoms with Crippen LogP contribution in [-0.2, 0) is 10.2 Å². The van der Waals surface area contributed by atoms with Crippen LogP contribution in [0.1, 0.15) is 57.6 Å². The van der Waals surface area contributed by atoms with Gasteiger partial charge < -0.3 is 14.8 Å². The number of hydrogen-bond donors (Lipinski definition) is 1. The number of ether oxygens (including phenoxy) is 2. The number of nitrogens with one attached hydrogen (secondary N) is 1. The van der Waals surface area contributed by atoms with E-state index >= 15 is 0 Å². The Labute approximate surface area is 141 Å². The van der Waals surface area contributed by atoms with Gasteiger partial charge in [0.1, 0.15) is 5.75 Å². The van der Waals surface area contributed by atoms with Gasteiger partial charge in [0.05, 0.1) is 12.7 Å². The molecule has 3 nitrogen and oxygen atoms in total. The van der Waals surface area contributed by atoms with E-state index in [1.807, 2.05) is 0 Å². The lowest BCUT2D eigenvalue weighted by atomic mass is 9.85. The molecule has 1 saturated heterocycles. The first-order valence-electron chi connectivity index (χ1n) is 9.03. The maximum absolute atomic E-state index is 6.05. The SMILES string of the molecule is Cc1ccc(OCCCCNC[C@H]2CCCO2)c(C(C)(C)C)c1. The summed E-state index contributed by atoms with van der Waals surface area (Å²) < 4.78 is 11.7. The molecule has 0 aromatic heterocycles. The minimum absolute atomic E-state index is 0.115. The summed E-state index contributed by atoms with van der Waals surface area (Å²) in [6.07, 6.45) is 5.08. The van der Waals surface area contributed by atoms with Gasteiger partial charge >= 0.3 is 0 Å². The van der Waals surface area contributed by atoms with E-state index in [4.69, 9.17) is 9.47 Å². The number of rotatable bonds is 8. The van der Waals surface area contributed by atoms with Crippen molar-refractivity contribution < 1.29 is 9.47 Å². The Hall–Kier alpha value is -1.06. The molecule has 3 heteroatoms. The van der Waals surface area contributed by atoms with E-state index in [9.17, 15) is 0 Å². The third-order valence-corrected chi connectivity index (χ3v) is 4.34. The summed E-state index contributed by atoms with van der Waals surface area (Å²) in [5, 5.41) is 3.49. The average molecular weight is 319 g/mol. The van der Waals surface area contributed by atoms with Crippen molar-refractivity contribution in [1.82, 2.24) is 5.32 Å². The van der Waals surface area contributed by atoms with Gasteiger partial charge in [-0.25, -0.2) is 0 Å². The standard InChI is InChI=1S/C20H33NO2/c1-16-9-10-19(18(14-16)20(2,3)4)23-12-6-5-11-21-15-17-8-7-13-22-17/h9-10,14,17,21H,5-8,11-13,15H2,1-4H3/t17-/m1/s1. The largest absolute Gasteiger partial charge is 0.493 e. The summed E-state index contributed by atoms with van der Waals surface area (Å²) in [4.78, 5) is 0. The molecular formula is C20H33NO2. The molecule has 2 rings (SSSR count). The minimum atomic E-state index is 0.115. The number of unbranched alkanes of at least 4 members (excludes halogenated alkanes) is 1. The molecule has 1 fully saturated rings. The fraction of sp³-hybridized carbons (Fsp3) is 0.700. The van der Waals surface area contributed by atoms with Crippen LogP contribution in [-0.4, -0.2) is 32.4 Å². The Kier molecular flexibility index (Phi) is 6.91. The molecule has 1 aromatic carbocycles. The van der Waals surface area contributed by atoms with Gasteiger partial charge in [-0.3, -0.25) is 0 Å². The van der Waals surface area contributed by atoms with Gasteiger partial charge in [-0.15, -0.1) is 0 Å². The van der Waals surface area contributed by atoms with Crippen molar-refractivity contribution in [3.63, 3.8) is 0 Å². The third kappa shape index (κ3) is 6.15. The van der Waals surface area contributed by atoms with Crippen molar-refractivity contribution in [2.45, 2.75) is 64.9 Å². The van der Waals surface area contributed by atoms with E-state index in [1.165, 1.54) is 24.0 Å². The Morgan fingerprint density at radius 1 is 1.26 bits per heavy atom. The maximum Gasteiger partial charge on any atom is 0.123 e. The lowest BCUT2D eigenvalue weighted by molar-refractivity contribution is 0.110. The molecule has 1 N–H and O–H groups in total. The highest BCUT2D eigenvalue weighted by Crippen LogP contribution is 2.32. The number of aryl methyl sites for hydroxylation is 1. The van der Waals surface area contributed by atoms with Crippen LogP contribution in [0.25, 0.3) is 0 Å². The van der Waals surface area contributed by atoms with Gasteiger partial charge in [-0.1, -0.05) is 38.5 Å². The second kappa shape index (κ2) is 8.70. The van der Waals surface area contributed by atoms with Gasteiger partial charge in [0.15, 0.2) is 0 Å². The molecule has 0 saturated carbocycles. The quantitative estimate of drug-likeness (QED) is 0.728. The first-order valence-corrected chi connectivity index (χ1v) is 9.03. The van der Waals surface area contributed by atoms with E-state index < -0.39 is 0 Å². The predicted octanol–water partition coefficient (Wildman–Crippen LogP) is 4.22. The maximum atomic E-state index is 6.05. The summed E-state index contributed by atoms with van der Waals surface area (Å²) in [6.45, 7) is 12.6. The van der Waals surface area contributed by atoms with Gasteiger partial charge in [-0.2, -0.15) is 0 Å². The average Bonchev–Trinajstić information content (AvgIpc) is 3.00. The van der Waals surface area contributed by atoms with Crippen molar-refractivity contribution in [1.29, 1.82) is 0 Å². The highest BCUT2D eigenvalue weighted by atomic mass is 16.5. The van der Waals surface area contributed by atoms with Gasteiger partial charge in [0, 0.05) is 13.2 Å². The van der Waals surface area contributed by atoms with Crippen molar-refractivity contribution in [2.24, 2.45) is 0 Å². The van der Waals surface area contributed by atoms with Crippen LogP contribution < -0.4 is 10.1 Å². The van der Waals surface area contributed by atoms with Crippen molar-refractivity contribution in [3.05, 3.63) is 29.3 Å². The van der Waals surface area contributed by atoms with Gasteiger partial charge in [0.25, 0.3) is 0 Å². The molecule has 1 heterocycles. The molecular weight excluding hydrogens is 286 g/mol. The first kappa shape index (κ1) is 18.3. The van der Waals surface area contributed by atoms with Crippen molar-refractivity contribution >= 4 is 0 Å². The Bertz CT molecular complexity index is 473. The van der Waals surface area contributed by atoms with E-state index in [0.29, 0.717) is 6.10 Å². The second-order valence-electron chi connectivity index (χ2n) is 7.64. The van der Waals surface area contributed by atoms with Crippen molar-refractivity contribution in [3.8, 4) is 5.75 Å². The van der Waals surface area contributed by atoms with Crippen LogP contribution in [0.2, 0.25) is 0 Å². The Morgan fingerprint density at radius 2 is 2.09 bits per heavy atom. The Balaban J connectivity index is 1.66. The molecule has 0 unspecified atom stereocenters. The van der Waals surface area contributed by atoms with Crippen molar-refractivity contribution in [2.75, 3.05) is 26.3 Å². The zero-order valence-electron chi connectivity index (χ0n) is 15.3. The smallest absolute Gasteiger partial charge is 0.123 e. The molecule has 1 aromatic rings. The van der Waals surface area contributed by atoms with E-state index in [0.717, 1.165) is 44.9 Å². The molecule has 0 aliphatic carbocycles. The molecule has 0 bridgehead atoms. The molecule has 1 aliphatic heterocycles. The topological polar surface area (TPSA) is 30.5 Å². The molecule has 130 valence electrons. The minimum Gasteiger partial charge on any atom is -0.493 e. The van der Waals surface area contributed by atoms with E-state index in [1.54, 1.807) is 0 Å². The highest BCUT2D eigenvalue weighted by Gasteiger charge is 2.19.